The van der Waals surface area contributed by atoms with Crippen molar-refractivity contribution in [3.63, 3.8) is 0 Å². The van der Waals surface area contributed by atoms with Gasteiger partial charge in [0.1, 0.15) is 0 Å². The first-order chi connectivity index (χ1) is 14.7. The van der Waals surface area contributed by atoms with Crippen LogP contribution >= 0.6 is 0 Å². The number of allylic oxidation sites excluding steroid dienone is 4. The fourth-order valence-corrected chi connectivity index (χ4v) is 10.2. The van der Waals surface area contributed by atoms with E-state index in [2.05, 4.69) is 112 Å². The van der Waals surface area contributed by atoms with Gasteiger partial charge in [-0.2, -0.15) is 0 Å². The zero-order valence-electron chi connectivity index (χ0n) is 18.5. The van der Waals surface area contributed by atoms with Gasteiger partial charge in [-0.15, -0.1) is 0 Å². The summed E-state index contributed by atoms with van der Waals surface area (Å²) in [6, 6.07) is 32.2. The number of unbranched alkanes of at least 4 members (excludes halogenated alkanes) is 1. The molecular formula is C29H32Si. The molecule has 0 radical (unpaired) electrons. The van der Waals surface area contributed by atoms with E-state index < -0.39 is 8.07 Å². The highest BCUT2D eigenvalue weighted by atomic mass is 28.3. The van der Waals surface area contributed by atoms with Crippen LogP contribution in [-0.2, 0) is 6.42 Å². The standard InChI is InChI=1S/C29H32Si/c1-4-5-12-25-18-20-28(21-19-25)30(26-13-8-6-9-14-26,27-15-10-7-11-16-27)29-22-17-23(2)24(29)3/h6-11,13-21H,4-5,12,22H2,1-3H3. The van der Waals surface area contributed by atoms with Gasteiger partial charge in [-0.3, -0.25) is 0 Å². The van der Waals surface area contributed by atoms with Crippen molar-refractivity contribution in [3.8, 4) is 0 Å². The van der Waals surface area contributed by atoms with Gasteiger partial charge < -0.3 is 0 Å². The molecule has 0 aromatic heterocycles. The third-order valence-electron chi connectivity index (χ3n) is 6.73. The minimum Gasteiger partial charge on any atom is -0.0776 e. The van der Waals surface area contributed by atoms with Crippen LogP contribution in [0.4, 0.5) is 0 Å². The van der Waals surface area contributed by atoms with Crippen LogP contribution in [0.5, 0.6) is 0 Å². The summed E-state index contributed by atoms with van der Waals surface area (Å²) in [5.74, 6) is 0. The largest absolute Gasteiger partial charge is 0.176 e. The molecule has 0 amide bonds. The van der Waals surface area contributed by atoms with Crippen molar-refractivity contribution >= 4 is 23.6 Å². The molecular weight excluding hydrogens is 376 g/mol. The highest BCUT2D eigenvalue weighted by Gasteiger charge is 2.44. The number of aryl methyl sites for hydroxylation is 1. The molecule has 1 aliphatic rings. The molecule has 0 saturated carbocycles. The number of hydrogen-bond donors (Lipinski definition) is 0. The first-order valence-electron chi connectivity index (χ1n) is 11.3. The zero-order valence-corrected chi connectivity index (χ0v) is 19.5. The Morgan fingerprint density at radius 1 is 0.700 bits per heavy atom. The summed E-state index contributed by atoms with van der Waals surface area (Å²) < 4.78 is 0. The van der Waals surface area contributed by atoms with Gasteiger partial charge >= 0.3 is 0 Å². The molecule has 30 heavy (non-hydrogen) atoms. The molecule has 0 saturated heterocycles. The smallest absolute Gasteiger partial charge is 0.0776 e. The van der Waals surface area contributed by atoms with Gasteiger partial charge in [0.15, 0.2) is 8.07 Å². The highest BCUT2D eigenvalue weighted by Crippen LogP contribution is 2.32. The fraction of sp³-hybridized carbons (Fsp3) is 0.241. The molecule has 3 aromatic rings. The second-order valence-corrected chi connectivity index (χ2v) is 12.3. The third-order valence-corrected chi connectivity index (χ3v) is 11.8. The van der Waals surface area contributed by atoms with E-state index in [-0.39, 0.29) is 0 Å². The molecule has 4 rings (SSSR count). The van der Waals surface area contributed by atoms with Gasteiger partial charge in [-0.25, -0.2) is 0 Å². The lowest BCUT2D eigenvalue weighted by Crippen LogP contribution is -2.68. The molecule has 0 spiro atoms. The van der Waals surface area contributed by atoms with Gasteiger partial charge in [0.05, 0.1) is 0 Å². The molecule has 3 aromatic carbocycles. The highest BCUT2D eigenvalue weighted by molar-refractivity contribution is 7.16. The summed E-state index contributed by atoms with van der Waals surface area (Å²) in [5, 5.41) is 6.10. The molecule has 0 atom stereocenters. The summed E-state index contributed by atoms with van der Waals surface area (Å²) in [6.07, 6.45) is 7.15. The zero-order chi connectivity index (χ0) is 21.0. The van der Waals surface area contributed by atoms with E-state index in [0.717, 1.165) is 6.42 Å². The Hall–Kier alpha value is -2.64. The van der Waals surface area contributed by atoms with E-state index >= 15 is 0 Å². The summed E-state index contributed by atoms with van der Waals surface area (Å²) in [4.78, 5) is 0. The van der Waals surface area contributed by atoms with Crippen LogP contribution in [0.25, 0.3) is 0 Å². The number of rotatable bonds is 7. The minimum absolute atomic E-state index is 1.06. The van der Waals surface area contributed by atoms with Gasteiger partial charge in [0.25, 0.3) is 0 Å². The van der Waals surface area contributed by atoms with E-state index in [1.165, 1.54) is 51.5 Å². The first kappa shape index (κ1) is 20.6. The predicted molar refractivity (Wildman–Crippen MR) is 134 cm³/mol. The summed E-state index contributed by atoms with van der Waals surface area (Å²) >= 11 is 0. The molecule has 1 aliphatic carbocycles. The van der Waals surface area contributed by atoms with Crippen LogP contribution in [0.3, 0.4) is 0 Å². The summed E-state index contributed by atoms with van der Waals surface area (Å²) in [6.45, 7) is 6.87. The second kappa shape index (κ2) is 9.02. The maximum atomic E-state index is 2.44. The molecule has 0 bridgehead atoms. The van der Waals surface area contributed by atoms with Crippen LogP contribution < -0.4 is 15.6 Å². The average Bonchev–Trinajstić information content (AvgIpc) is 3.14. The van der Waals surface area contributed by atoms with Crippen molar-refractivity contribution in [2.24, 2.45) is 0 Å². The van der Waals surface area contributed by atoms with Gasteiger partial charge in [-0.1, -0.05) is 121 Å². The molecule has 0 N–H and O–H groups in total. The van der Waals surface area contributed by atoms with E-state index in [4.69, 9.17) is 0 Å². The summed E-state index contributed by atoms with van der Waals surface area (Å²) in [7, 11) is -2.32. The van der Waals surface area contributed by atoms with Crippen LogP contribution in [0, 0.1) is 0 Å². The van der Waals surface area contributed by atoms with Crippen LogP contribution in [0.2, 0.25) is 0 Å². The Balaban J connectivity index is 1.99. The third kappa shape index (κ3) is 3.63. The Kier molecular flexibility index (Phi) is 6.20. The lowest BCUT2D eigenvalue weighted by atomic mass is 10.1. The molecule has 152 valence electrons. The van der Waals surface area contributed by atoms with Crippen LogP contribution in [-0.4, -0.2) is 8.07 Å². The molecule has 1 heteroatoms. The quantitative estimate of drug-likeness (QED) is 0.347. The maximum absolute atomic E-state index is 2.44. The Morgan fingerprint density at radius 3 is 1.70 bits per heavy atom. The summed E-state index contributed by atoms with van der Waals surface area (Å²) in [5.41, 5.74) is 4.38. The lowest BCUT2D eigenvalue weighted by molar-refractivity contribution is 0.795. The normalized spacial score (nSPS) is 14.2. The molecule has 0 heterocycles. The lowest BCUT2D eigenvalue weighted by Gasteiger charge is -2.36. The number of benzene rings is 3. The molecule has 0 aliphatic heterocycles. The van der Waals surface area contributed by atoms with E-state index in [1.807, 2.05) is 0 Å². The van der Waals surface area contributed by atoms with Crippen LogP contribution in [0.15, 0.2) is 107 Å². The van der Waals surface area contributed by atoms with E-state index in [1.54, 1.807) is 5.20 Å². The Labute approximate surface area is 183 Å². The molecule has 0 fully saturated rings. The monoisotopic (exact) mass is 408 g/mol. The molecule has 0 nitrogen and oxygen atoms in total. The predicted octanol–water partition coefficient (Wildman–Crippen LogP) is 5.71. The van der Waals surface area contributed by atoms with Crippen molar-refractivity contribution in [3.05, 3.63) is 113 Å². The van der Waals surface area contributed by atoms with Gasteiger partial charge in [0, 0.05) is 0 Å². The fourth-order valence-electron chi connectivity index (χ4n) is 4.93. The van der Waals surface area contributed by atoms with Crippen molar-refractivity contribution in [1.82, 2.24) is 0 Å². The van der Waals surface area contributed by atoms with E-state index in [9.17, 15) is 0 Å². The minimum atomic E-state index is -2.32. The first-order valence-corrected chi connectivity index (χ1v) is 13.3. The van der Waals surface area contributed by atoms with Crippen LogP contribution in [0.1, 0.15) is 45.6 Å². The second-order valence-electron chi connectivity index (χ2n) is 8.48. The average molecular weight is 409 g/mol. The SMILES string of the molecule is CCCCc1ccc([Si](C2=C(C)C(C)=CC2)(c2ccccc2)c2ccccc2)cc1. The molecule has 0 unspecified atom stereocenters. The van der Waals surface area contributed by atoms with Crippen molar-refractivity contribution in [2.45, 2.75) is 46.5 Å². The Bertz CT molecular complexity index is 1000. The maximum Gasteiger partial charge on any atom is 0.176 e. The topological polar surface area (TPSA) is 0 Å². The van der Waals surface area contributed by atoms with Crippen molar-refractivity contribution in [2.75, 3.05) is 0 Å². The van der Waals surface area contributed by atoms with Gasteiger partial charge in [0.2, 0.25) is 0 Å². The van der Waals surface area contributed by atoms with Crippen molar-refractivity contribution < 1.29 is 0 Å². The van der Waals surface area contributed by atoms with Gasteiger partial charge in [-0.05, 0) is 54.2 Å². The number of hydrogen-bond acceptors (Lipinski definition) is 0. The Morgan fingerprint density at radius 2 is 1.23 bits per heavy atom. The van der Waals surface area contributed by atoms with E-state index in [0.29, 0.717) is 0 Å². The van der Waals surface area contributed by atoms with Crippen molar-refractivity contribution in [1.29, 1.82) is 0 Å².